The second kappa shape index (κ2) is 6.43. The van der Waals surface area contributed by atoms with Crippen LogP contribution in [0.1, 0.15) is 35.7 Å². The van der Waals surface area contributed by atoms with Crippen LogP contribution in [0.25, 0.3) is 0 Å². The predicted octanol–water partition coefficient (Wildman–Crippen LogP) is 2.00. The number of aliphatic carboxylic acids is 1. The maximum absolute atomic E-state index is 12.3. The van der Waals surface area contributed by atoms with Gasteiger partial charge in [0.1, 0.15) is 6.04 Å². The zero-order valence-electron chi connectivity index (χ0n) is 12.8. The summed E-state index contributed by atoms with van der Waals surface area (Å²) in [5.41, 5.74) is 2.44. The van der Waals surface area contributed by atoms with E-state index in [4.69, 9.17) is 0 Å². The molecule has 6 heteroatoms. The Morgan fingerprint density at radius 3 is 2.59 bits per heavy atom. The Morgan fingerprint density at radius 2 is 2.00 bits per heavy atom. The molecule has 2 unspecified atom stereocenters. The first-order chi connectivity index (χ1) is 10.4. The van der Waals surface area contributed by atoms with E-state index in [1.54, 1.807) is 37.5 Å². The summed E-state index contributed by atoms with van der Waals surface area (Å²) in [6.07, 6.45) is 3.24. The third-order valence-corrected chi connectivity index (χ3v) is 3.79. The summed E-state index contributed by atoms with van der Waals surface area (Å²) in [4.78, 5) is 23.9. The Balaban J connectivity index is 2.24. The Bertz CT molecular complexity index is 680. The molecule has 6 nitrogen and oxygen atoms in total. The van der Waals surface area contributed by atoms with Crippen LogP contribution in [0.3, 0.4) is 0 Å². The molecular weight excluding hydrogens is 282 g/mol. The van der Waals surface area contributed by atoms with Crippen LogP contribution in [-0.4, -0.2) is 26.8 Å². The summed E-state index contributed by atoms with van der Waals surface area (Å²) < 4.78 is 1.48. The smallest absolute Gasteiger partial charge is 0.330 e. The van der Waals surface area contributed by atoms with Gasteiger partial charge in [-0.05, 0) is 43.5 Å². The SMILES string of the molecule is Cc1cccc(C(NC(=O)C(C)n2cccn2)C(=O)O)c1C. The van der Waals surface area contributed by atoms with E-state index in [1.165, 1.54) is 4.68 Å². The fraction of sp³-hybridized carbons (Fsp3) is 0.312. The second-order valence-electron chi connectivity index (χ2n) is 5.23. The molecule has 0 aliphatic rings. The third kappa shape index (κ3) is 3.16. The number of nitrogens with one attached hydrogen (secondary N) is 1. The van der Waals surface area contributed by atoms with Crippen molar-refractivity contribution in [3.05, 3.63) is 53.3 Å². The van der Waals surface area contributed by atoms with Gasteiger partial charge < -0.3 is 10.4 Å². The molecule has 0 bridgehead atoms. The van der Waals surface area contributed by atoms with Crippen LogP contribution < -0.4 is 5.32 Å². The molecule has 1 heterocycles. The molecule has 116 valence electrons. The molecular formula is C16H19N3O3. The van der Waals surface area contributed by atoms with E-state index in [0.29, 0.717) is 5.56 Å². The quantitative estimate of drug-likeness (QED) is 0.884. The first-order valence-electron chi connectivity index (χ1n) is 7.00. The number of amides is 1. The summed E-state index contributed by atoms with van der Waals surface area (Å²) in [7, 11) is 0. The number of carbonyl (C=O) groups excluding carboxylic acids is 1. The number of aryl methyl sites for hydroxylation is 1. The highest BCUT2D eigenvalue weighted by Crippen LogP contribution is 2.21. The van der Waals surface area contributed by atoms with Gasteiger partial charge in [-0.3, -0.25) is 9.48 Å². The maximum Gasteiger partial charge on any atom is 0.330 e. The topological polar surface area (TPSA) is 84.2 Å². The van der Waals surface area contributed by atoms with Crippen molar-refractivity contribution in [3.63, 3.8) is 0 Å². The summed E-state index contributed by atoms with van der Waals surface area (Å²) in [6.45, 7) is 5.43. The molecule has 0 aliphatic heterocycles. The average molecular weight is 301 g/mol. The fourth-order valence-electron chi connectivity index (χ4n) is 2.25. The molecule has 0 spiro atoms. The minimum atomic E-state index is -1.09. The standard InChI is InChI=1S/C16H19N3O3/c1-10-6-4-7-13(11(10)2)14(16(21)22)18-15(20)12(3)19-9-5-8-17-19/h4-9,12,14H,1-3H3,(H,18,20)(H,21,22). The van der Waals surface area contributed by atoms with Gasteiger partial charge in [0.05, 0.1) is 0 Å². The molecule has 2 atom stereocenters. The van der Waals surface area contributed by atoms with Gasteiger partial charge in [0, 0.05) is 12.4 Å². The summed E-state index contributed by atoms with van der Waals surface area (Å²) in [5, 5.41) is 16.1. The van der Waals surface area contributed by atoms with E-state index in [9.17, 15) is 14.7 Å². The van der Waals surface area contributed by atoms with E-state index in [-0.39, 0.29) is 0 Å². The number of carboxylic acid groups (broad SMARTS) is 1. The molecule has 0 aliphatic carbocycles. The lowest BCUT2D eigenvalue weighted by molar-refractivity contribution is -0.142. The van der Waals surface area contributed by atoms with Crippen LogP contribution in [0.2, 0.25) is 0 Å². The van der Waals surface area contributed by atoms with Gasteiger partial charge in [-0.15, -0.1) is 0 Å². The highest BCUT2D eigenvalue weighted by atomic mass is 16.4. The molecule has 1 aromatic heterocycles. The average Bonchev–Trinajstić information content (AvgIpc) is 3.01. The Labute approximate surface area is 128 Å². The summed E-state index contributed by atoms with van der Waals surface area (Å²) in [5.74, 6) is -1.48. The Morgan fingerprint density at radius 1 is 1.27 bits per heavy atom. The molecule has 0 radical (unpaired) electrons. The molecule has 1 aromatic carbocycles. The van der Waals surface area contributed by atoms with Crippen molar-refractivity contribution in [1.29, 1.82) is 0 Å². The lowest BCUT2D eigenvalue weighted by Gasteiger charge is -2.20. The molecule has 1 amide bonds. The molecule has 2 rings (SSSR count). The minimum absolute atomic E-state index is 0.392. The molecule has 0 saturated carbocycles. The molecule has 2 N–H and O–H groups in total. The van der Waals surface area contributed by atoms with E-state index < -0.39 is 24.0 Å². The number of carbonyl (C=O) groups is 2. The number of nitrogens with zero attached hydrogens (tertiary/aromatic N) is 2. The third-order valence-electron chi connectivity index (χ3n) is 3.79. The zero-order valence-corrected chi connectivity index (χ0v) is 12.8. The monoisotopic (exact) mass is 301 g/mol. The van der Waals surface area contributed by atoms with Gasteiger partial charge in [-0.25, -0.2) is 4.79 Å². The first-order valence-corrected chi connectivity index (χ1v) is 7.00. The van der Waals surface area contributed by atoms with Crippen LogP contribution in [0.15, 0.2) is 36.7 Å². The van der Waals surface area contributed by atoms with Crippen LogP contribution in [0.5, 0.6) is 0 Å². The van der Waals surface area contributed by atoms with Gasteiger partial charge in [-0.2, -0.15) is 5.10 Å². The van der Waals surface area contributed by atoms with E-state index in [2.05, 4.69) is 10.4 Å². The molecule has 2 aromatic rings. The van der Waals surface area contributed by atoms with E-state index >= 15 is 0 Å². The number of hydrogen-bond donors (Lipinski definition) is 2. The molecule has 0 fully saturated rings. The first kappa shape index (κ1) is 15.8. The van der Waals surface area contributed by atoms with Crippen LogP contribution in [0.4, 0.5) is 0 Å². The summed E-state index contributed by atoms with van der Waals surface area (Å²) >= 11 is 0. The van der Waals surface area contributed by atoms with Gasteiger partial charge in [0.15, 0.2) is 6.04 Å². The Hall–Kier alpha value is -2.63. The fourth-order valence-corrected chi connectivity index (χ4v) is 2.25. The lowest BCUT2D eigenvalue weighted by Crippen LogP contribution is -2.38. The van der Waals surface area contributed by atoms with Gasteiger partial charge in [-0.1, -0.05) is 18.2 Å². The number of benzene rings is 1. The van der Waals surface area contributed by atoms with Crippen molar-refractivity contribution in [1.82, 2.24) is 15.1 Å². The molecule has 0 saturated heterocycles. The van der Waals surface area contributed by atoms with Crippen LogP contribution >= 0.6 is 0 Å². The Kier molecular flexibility index (Phi) is 4.60. The van der Waals surface area contributed by atoms with Crippen molar-refractivity contribution in [2.45, 2.75) is 32.9 Å². The zero-order chi connectivity index (χ0) is 16.3. The minimum Gasteiger partial charge on any atom is -0.479 e. The predicted molar refractivity (Wildman–Crippen MR) is 81.4 cm³/mol. The number of hydrogen-bond acceptors (Lipinski definition) is 3. The highest BCUT2D eigenvalue weighted by molar-refractivity contribution is 5.86. The van der Waals surface area contributed by atoms with E-state index in [1.807, 2.05) is 19.9 Å². The second-order valence-corrected chi connectivity index (χ2v) is 5.23. The van der Waals surface area contributed by atoms with Gasteiger partial charge in [0.25, 0.3) is 0 Å². The van der Waals surface area contributed by atoms with Crippen LogP contribution in [0, 0.1) is 13.8 Å². The van der Waals surface area contributed by atoms with Crippen molar-refractivity contribution in [2.24, 2.45) is 0 Å². The van der Waals surface area contributed by atoms with E-state index in [0.717, 1.165) is 11.1 Å². The maximum atomic E-state index is 12.3. The number of aromatic nitrogens is 2. The van der Waals surface area contributed by atoms with Crippen molar-refractivity contribution >= 4 is 11.9 Å². The van der Waals surface area contributed by atoms with Gasteiger partial charge in [0.2, 0.25) is 5.91 Å². The van der Waals surface area contributed by atoms with Crippen molar-refractivity contribution in [2.75, 3.05) is 0 Å². The molecule has 22 heavy (non-hydrogen) atoms. The normalized spacial score (nSPS) is 13.4. The van der Waals surface area contributed by atoms with Gasteiger partial charge >= 0.3 is 5.97 Å². The van der Waals surface area contributed by atoms with Crippen molar-refractivity contribution in [3.8, 4) is 0 Å². The lowest BCUT2D eigenvalue weighted by atomic mass is 9.97. The van der Waals surface area contributed by atoms with Crippen molar-refractivity contribution < 1.29 is 14.7 Å². The van der Waals surface area contributed by atoms with Crippen LogP contribution in [-0.2, 0) is 9.59 Å². The summed E-state index contributed by atoms with van der Waals surface area (Å²) in [6, 6.07) is 5.47. The largest absolute Gasteiger partial charge is 0.479 e. The number of carboxylic acids is 1. The number of rotatable bonds is 5. The highest BCUT2D eigenvalue weighted by Gasteiger charge is 2.26.